The van der Waals surface area contributed by atoms with Crippen LogP contribution in [0, 0.1) is 12.3 Å². The van der Waals surface area contributed by atoms with Crippen molar-refractivity contribution in [1.29, 1.82) is 0 Å². The van der Waals surface area contributed by atoms with E-state index >= 15 is 0 Å². The molecule has 1 heterocycles. The molecule has 0 spiro atoms. The number of piperidine rings is 1. The van der Waals surface area contributed by atoms with E-state index in [0.717, 1.165) is 58.6 Å². The van der Waals surface area contributed by atoms with E-state index in [-0.39, 0.29) is 0 Å². The maximum Gasteiger partial charge on any atom is 0.0575 e. The van der Waals surface area contributed by atoms with Gasteiger partial charge in [0.25, 0.3) is 0 Å². The van der Waals surface area contributed by atoms with E-state index in [0.29, 0.717) is 19.1 Å². The molecule has 1 rings (SSSR count). The molecule has 0 aromatic rings. The molecule has 1 aliphatic rings. The molecule has 1 fully saturated rings. The van der Waals surface area contributed by atoms with Gasteiger partial charge in [0, 0.05) is 32.2 Å². The quantitative estimate of drug-likeness (QED) is 0.462. The minimum Gasteiger partial charge on any atom is -0.380 e. The molecule has 0 atom stereocenters. The Morgan fingerprint density at radius 1 is 1.28 bits per heavy atom. The summed E-state index contributed by atoms with van der Waals surface area (Å²) in [5.74, 6) is 2.56. The number of terminal acetylenes is 1. The molecular formula is C14H27N3O. The summed E-state index contributed by atoms with van der Waals surface area (Å²) in [6.07, 6.45) is 9.18. The van der Waals surface area contributed by atoms with Crippen molar-refractivity contribution < 1.29 is 4.74 Å². The molecule has 18 heavy (non-hydrogen) atoms. The second-order valence-electron chi connectivity index (χ2n) is 4.85. The van der Waals surface area contributed by atoms with Gasteiger partial charge in [-0.15, -0.1) is 12.3 Å². The minimum absolute atomic E-state index is 0.425. The Balaban J connectivity index is 1.80. The number of nitrogens with zero attached hydrogens (tertiary/aromatic N) is 1. The number of nitrogens with two attached hydrogens (primary N) is 1. The standard InChI is InChI=1S/C14H27N3O/c1-2-3-12-18-13-4-7-16-8-11-17-9-5-14(15)6-10-17/h1,14,16H,3-13,15H2. The zero-order valence-electron chi connectivity index (χ0n) is 11.4. The molecule has 104 valence electrons. The molecule has 0 radical (unpaired) electrons. The third-order valence-electron chi connectivity index (χ3n) is 3.27. The lowest BCUT2D eigenvalue weighted by Crippen LogP contribution is -2.42. The summed E-state index contributed by atoms with van der Waals surface area (Å²) < 4.78 is 5.38. The first-order chi connectivity index (χ1) is 8.83. The van der Waals surface area contributed by atoms with Crippen LogP contribution >= 0.6 is 0 Å². The molecule has 4 nitrogen and oxygen atoms in total. The normalized spacial score (nSPS) is 17.8. The number of rotatable bonds is 9. The Labute approximate surface area is 111 Å². The second kappa shape index (κ2) is 10.3. The summed E-state index contributed by atoms with van der Waals surface area (Å²) in [6, 6.07) is 0.425. The largest absolute Gasteiger partial charge is 0.380 e. The average Bonchev–Trinajstić information content (AvgIpc) is 2.39. The van der Waals surface area contributed by atoms with Gasteiger partial charge >= 0.3 is 0 Å². The highest BCUT2D eigenvalue weighted by Crippen LogP contribution is 2.06. The van der Waals surface area contributed by atoms with E-state index in [1.165, 1.54) is 0 Å². The van der Waals surface area contributed by atoms with Crippen molar-refractivity contribution in [2.24, 2.45) is 5.73 Å². The number of nitrogens with one attached hydrogen (secondary N) is 1. The molecule has 0 saturated carbocycles. The maximum atomic E-state index is 5.87. The molecular weight excluding hydrogens is 226 g/mol. The molecule has 1 aliphatic heterocycles. The van der Waals surface area contributed by atoms with E-state index in [1.54, 1.807) is 0 Å². The summed E-state index contributed by atoms with van der Waals surface area (Å²) >= 11 is 0. The van der Waals surface area contributed by atoms with Crippen LogP contribution in [0.2, 0.25) is 0 Å². The summed E-state index contributed by atoms with van der Waals surface area (Å²) in [6.45, 7) is 6.99. The summed E-state index contributed by atoms with van der Waals surface area (Å²) in [4.78, 5) is 2.49. The fraction of sp³-hybridized carbons (Fsp3) is 0.857. The maximum absolute atomic E-state index is 5.87. The van der Waals surface area contributed by atoms with Gasteiger partial charge in [-0.25, -0.2) is 0 Å². The number of hydrogen-bond acceptors (Lipinski definition) is 4. The zero-order valence-corrected chi connectivity index (χ0v) is 11.4. The van der Waals surface area contributed by atoms with E-state index in [4.69, 9.17) is 16.9 Å². The third kappa shape index (κ3) is 7.67. The van der Waals surface area contributed by atoms with Crippen LogP contribution in [0.1, 0.15) is 25.7 Å². The SMILES string of the molecule is C#CCCOCCCNCCN1CCC(N)CC1. The van der Waals surface area contributed by atoms with Crippen molar-refractivity contribution in [1.82, 2.24) is 10.2 Å². The first-order valence-electron chi connectivity index (χ1n) is 7.03. The lowest BCUT2D eigenvalue weighted by Gasteiger charge is -2.29. The van der Waals surface area contributed by atoms with Crippen LogP contribution in [0.3, 0.4) is 0 Å². The van der Waals surface area contributed by atoms with Gasteiger partial charge < -0.3 is 20.7 Å². The van der Waals surface area contributed by atoms with E-state index < -0.39 is 0 Å². The molecule has 0 aliphatic carbocycles. The molecule has 4 heteroatoms. The van der Waals surface area contributed by atoms with Gasteiger partial charge in [0.2, 0.25) is 0 Å². The van der Waals surface area contributed by atoms with E-state index in [2.05, 4.69) is 16.1 Å². The first-order valence-corrected chi connectivity index (χ1v) is 7.03. The monoisotopic (exact) mass is 253 g/mol. The van der Waals surface area contributed by atoms with Crippen molar-refractivity contribution in [3.63, 3.8) is 0 Å². The lowest BCUT2D eigenvalue weighted by atomic mass is 10.1. The molecule has 0 bridgehead atoms. The number of hydrogen-bond donors (Lipinski definition) is 2. The molecule has 0 aromatic carbocycles. The smallest absolute Gasteiger partial charge is 0.0575 e. The van der Waals surface area contributed by atoms with Gasteiger partial charge in [-0.3, -0.25) is 0 Å². The minimum atomic E-state index is 0.425. The van der Waals surface area contributed by atoms with Gasteiger partial charge in [-0.1, -0.05) is 0 Å². The Hall–Kier alpha value is -0.600. The number of ether oxygens (including phenoxy) is 1. The van der Waals surface area contributed by atoms with Crippen molar-refractivity contribution >= 4 is 0 Å². The Bertz CT molecular complexity index is 232. The van der Waals surface area contributed by atoms with Crippen molar-refractivity contribution in [3.8, 4) is 12.3 Å². The van der Waals surface area contributed by atoms with Crippen molar-refractivity contribution in [2.75, 3.05) is 45.9 Å². The average molecular weight is 253 g/mol. The van der Waals surface area contributed by atoms with Crippen LogP contribution < -0.4 is 11.1 Å². The van der Waals surface area contributed by atoms with Crippen molar-refractivity contribution in [3.05, 3.63) is 0 Å². The zero-order chi connectivity index (χ0) is 13.1. The Morgan fingerprint density at radius 2 is 2.06 bits per heavy atom. The Morgan fingerprint density at radius 3 is 2.78 bits per heavy atom. The van der Waals surface area contributed by atoms with Crippen LogP contribution in [0.15, 0.2) is 0 Å². The van der Waals surface area contributed by atoms with E-state index in [9.17, 15) is 0 Å². The summed E-state index contributed by atoms with van der Waals surface area (Å²) in [7, 11) is 0. The second-order valence-corrected chi connectivity index (χ2v) is 4.85. The predicted molar refractivity (Wildman–Crippen MR) is 75.4 cm³/mol. The topological polar surface area (TPSA) is 50.5 Å². The van der Waals surface area contributed by atoms with Crippen LogP contribution in [-0.4, -0.2) is 56.9 Å². The van der Waals surface area contributed by atoms with Crippen LogP contribution in [-0.2, 0) is 4.74 Å². The van der Waals surface area contributed by atoms with Crippen LogP contribution in [0.4, 0.5) is 0 Å². The van der Waals surface area contributed by atoms with E-state index in [1.807, 2.05) is 0 Å². The third-order valence-corrected chi connectivity index (χ3v) is 3.27. The van der Waals surface area contributed by atoms with Crippen LogP contribution in [0.25, 0.3) is 0 Å². The molecule has 3 N–H and O–H groups in total. The number of likely N-dealkylation sites (tertiary alicyclic amines) is 1. The fourth-order valence-corrected chi connectivity index (χ4v) is 2.07. The van der Waals surface area contributed by atoms with Gasteiger partial charge in [0.15, 0.2) is 0 Å². The van der Waals surface area contributed by atoms with Crippen molar-refractivity contribution in [2.45, 2.75) is 31.7 Å². The Kier molecular flexibility index (Phi) is 8.87. The predicted octanol–water partition coefficient (Wildman–Crippen LogP) is 0.429. The van der Waals surface area contributed by atoms with Gasteiger partial charge in [-0.2, -0.15) is 0 Å². The van der Waals surface area contributed by atoms with Gasteiger partial charge in [0.1, 0.15) is 0 Å². The highest BCUT2D eigenvalue weighted by atomic mass is 16.5. The van der Waals surface area contributed by atoms with Gasteiger partial charge in [-0.05, 0) is 38.9 Å². The first kappa shape index (κ1) is 15.5. The molecule has 0 aromatic heterocycles. The molecule has 1 saturated heterocycles. The summed E-state index contributed by atoms with van der Waals surface area (Å²) in [5, 5.41) is 3.44. The lowest BCUT2D eigenvalue weighted by molar-refractivity contribution is 0.137. The molecule has 0 unspecified atom stereocenters. The summed E-state index contributed by atoms with van der Waals surface area (Å²) in [5.41, 5.74) is 5.87. The highest BCUT2D eigenvalue weighted by molar-refractivity contribution is 4.82. The fourth-order valence-electron chi connectivity index (χ4n) is 2.07. The molecule has 0 amide bonds. The highest BCUT2D eigenvalue weighted by Gasteiger charge is 2.14. The van der Waals surface area contributed by atoms with Crippen LogP contribution in [0.5, 0.6) is 0 Å². The van der Waals surface area contributed by atoms with Gasteiger partial charge in [0.05, 0.1) is 6.61 Å².